The van der Waals surface area contributed by atoms with Crippen molar-refractivity contribution in [1.29, 1.82) is 0 Å². The van der Waals surface area contributed by atoms with Crippen LogP contribution in [0.15, 0.2) is 6.20 Å². The van der Waals surface area contributed by atoms with Crippen LogP contribution >= 0.6 is 11.3 Å². The van der Waals surface area contributed by atoms with E-state index in [2.05, 4.69) is 29.0 Å². The van der Waals surface area contributed by atoms with Gasteiger partial charge in [0.2, 0.25) is 0 Å². The molecule has 0 amide bonds. The molecule has 0 spiro atoms. The molecule has 1 fully saturated rings. The summed E-state index contributed by atoms with van der Waals surface area (Å²) >= 11 is 1.72. The molecule has 0 unspecified atom stereocenters. The largest absolute Gasteiger partial charge is 0.388 e. The van der Waals surface area contributed by atoms with E-state index in [0.29, 0.717) is 32.6 Å². The van der Waals surface area contributed by atoms with Gasteiger partial charge in [0.25, 0.3) is 0 Å². The maximum Gasteiger partial charge on any atom is 0.185 e. The first-order chi connectivity index (χ1) is 9.67. The van der Waals surface area contributed by atoms with Crippen molar-refractivity contribution in [2.45, 2.75) is 38.8 Å². The number of hydrogen-bond acceptors (Lipinski definition) is 6. The number of nitrogens with zero attached hydrogens (tertiary/aromatic N) is 2. The number of aromatic nitrogens is 1. The molecule has 0 bridgehead atoms. The lowest BCUT2D eigenvalue weighted by Gasteiger charge is -2.32. The number of anilines is 1. The van der Waals surface area contributed by atoms with Crippen molar-refractivity contribution >= 4 is 16.5 Å². The Bertz CT molecular complexity index is 401. The van der Waals surface area contributed by atoms with Crippen LogP contribution in [0.3, 0.4) is 0 Å². The van der Waals surface area contributed by atoms with Gasteiger partial charge in [-0.1, -0.05) is 0 Å². The molecule has 1 aliphatic heterocycles. The molecule has 2 rings (SSSR count). The predicted octanol–water partition coefficient (Wildman–Crippen LogP) is 1.62. The summed E-state index contributed by atoms with van der Waals surface area (Å²) in [6.07, 6.45) is 3.36. The number of hydrogen-bond donors (Lipinski definition) is 2. The lowest BCUT2D eigenvalue weighted by atomic mass is 9.94. The van der Waals surface area contributed by atoms with Gasteiger partial charge in [0.05, 0.1) is 5.60 Å². The summed E-state index contributed by atoms with van der Waals surface area (Å²) in [5.74, 6) is 0. The molecule has 1 aromatic rings. The molecule has 20 heavy (non-hydrogen) atoms. The summed E-state index contributed by atoms with van der Waals surface area (Å²) in [6, 6.07) is 0. The van der Waals surface area contributed by atoms with Crippen molar-refractivity contribution in [3.05, 3.63) is 11.1 Å². The highest BCUT2D eigenvalue weighted by atomic mass is 32.1. The molecule has 6 heteroatoms. The second kappa shape index (κ2) is 7.36. The number of thiazole rings is 1. The monoisotopic (exact) mass is 299 g/mol. The third-order valence-electron chi connectivity index (χ3n) is 3.75. The van der Waals surface area contributed by atoms with Gasteiger partial charge in [0, 0.05) is 63.3 Å². The van der Waals surface area contributed by atoms with Crippen LogP contribution in [0.4, 0.5) is 5.13 Å². The van der Waals surface area contributed by atoms with E-state index >= 15 is 0 Å². The third-order valence-corrected chi connectivity index (χ3v) is 4.81. The molecule has 1 aromatic heterocycles. The average Bonchev–Trinajstić information content (AvgIpc) is 2.89. The van der Waals surface area contributed by atoms with Crippen LogP contribution in [0.25, 0.3) is 0 Å². The molecule has 1 saturated heterocycles. The van der Waals surface area contributed by atoms with Crippen molar-refractivity contribution in [2.24, 2.45) is 0 Å². The van der Waals surface area contributed by atoms with Crippen LogP contribution in [0.1, 0.15) is 31.6 Å². The summed E-state index contributed by atoms with van der Waals surface area (Å²) in [5, 5.41) is 14.8. The maximum absolute atomic E-state index is 10.4. The summed E-state index contributed by atoms with van der Waals surface area (Å²) < 4.78 is 5.28. The minimum absolute atomic E-state index is 0.607. The Morgan fingerprint density at radius 1 is 1.40 bits per heavy atom. The number of rotatable bonds is 7. The van der Waals surface area contributed by atoms with Crippen LogP contribution in [0, 0.1) is 0 Å². The maximum atomic E-state index is 10.4. The summed E-state index contributed by atoms with van der Waals surface area (Å²) in [5.41, 5.74) is -0.607. The molecule has 114 valence electrons. The third kappa shape index (κ3) is 4.15. The zero-order chi connectivity index (χ0) is 14.4. The smallest absolute Gasteiger partial charge is 0.185 e. The Morgan fingerprint density at radius 2 is 2.10 bits per heavy atom. The Balaban J connectivity index is 1.79. The van der Waals surface area contributed by atoms with E-state index in [0.717, 1.165) is 24.8 Å². The second-order valence-corrected chi connectivity index (χ2v) is 6.32. The van der Waals surface area contributed by atoms with Crippen LogP contribution < -0.4 is 10.2 Å². The molecular formula is C14H25N3O2S. The van der Waals surface area contributed by atoms with Gasteiger partial charge in [-0.15, -0.1) is 11.3 Å². The first-order valence-corrected chi connectivity index (χ1v) is 8.19. The molecule has 5 nitrogen and oxygen atoms in total. The number of aliphatic hydroxyl groups is 1. The molecule has 0 aliphatic carbocycles. The molecule has 2 N–H and O–H groups in total. The molecule has 2 heterocycles. The molecule has 0 saturated carbocycles. The van der Waals surface area contributed by atoms with Crippen LogP contribution in [0.2, 0.25) is 0 Å². The minimum Gasteiger partial charge on any atom is -0.388 e. The standard InChI is InChI=1S/C14H25N3O2S/c1-3-17(4-2)13-16-10-12(20-13)9-15-11-14(18)5-7-19-8-6-14/h10,15,18H,3-9,11H2,1-2H3. The van der Waals surface area contributed by atoms with Gasteiger partial charge in [-0.25, -0.2) is 4.98 Å². The fourth-order valence-electron chi connectivity index (χ4n) is 2.37. The van der Waals surface area contributed by atoms with Gasteiger partial charge >= 0.3 is 0 Å². The molecule has 0 atom stereocenters. The van der Waals surface area contributed by atoms with E-state index in [9.17, 15) is 5.11 Å². The quantitative estimate of drug-likeness (QED) is 0.801. The van der Waals surface area contributed by atoms with E-state index in [4.69, 9.17) is 4.74 Å². The molecular weight excluding hydrogens is 274 g/mol. The van der Waals surface area contributed by atoms with E-state index in [1.807, 2.05) is 6.20 Å². The predicted molar refractivity (Wildman–Crippen MR) is 82.4 cm³/mol. The van der Waals surface area contributed by atoms with E-state index in [1.54, 1.807) is 11.3 Å². The normalized spacial score (nSPS) is 18.1. The SMILES string of the molecule is CCN(CC)c1ncc(CNCC2(O)CCOCC2)s1. The van der Waals surface area contributed by atoms with Gasteiger partial charge in [0.15, 0.2) is 5.13 Å². The van der Waals surface area contributed by atoms with Gasteiger partial charge in [-0.2, -0.15) is 0 Å². The van der Waals surface area contributed by atoms with Crippen LogP contribution in [-0.2, 0) is 11.3 Å². The summed E-state index contributed by atoms with van der Waals surface area (Å²) in [4.78, 5) is 7.92. The second-order valence-electron chi connectivity index (χ2n) is 5.22. The zero-order valence-electron chi connectivity index (χ0n) is 12.4. The lowest BCUT2D eigenvalue weighted by molar-refractivity contribution is -0.0616. The van der Waals surface area contributed by atoms with Gasteiger partial charge in [-0.3, -0.25) is 0 Å². The highest BCUT2D eigenvalue weighted by Gasteiger charge is 2.29. The highest BCUT2D eigenvalue weighted by molar-refractivity contribution is 7.15. The summed E-state index contributed by atoms with van der Waals surface area (Å²) in [7, 11) is 0. The van der Waals surface area contributed by atoms with Crippen molar-refractivity contribution in [3.8, 4) is 0 Å². The fourth-order valence-corrected chi connectivity index (χ4v) is 3.37. The van der Waals surface area contributed by atoms with Gasteiger partial charge < -0.3 is 20.1 Å². The van der Waals surface area contributed by atoms with Crippen LogP contribution in [-0.4, -0.2) is 48.5 Å². The van der Waals surface area contributed by atoms with E-state index in [-0.39, 0.29) is 0 Å². The summed E-state index contributed by atoms with van der Waals surface area (Å²) in [6.45, 7) is 8.95. The Labute approximate surface area is 125 Å². The molecule has 0 radical (unpaired) electrons. The topological polar surface area (TPSA) is 57.6 Å². The van der Waals surface area contributed by atoms with E-state index < -0.39 is 5.60 Å². The van der Waals surface area contributed by atoms with Crippen molar-refractivity contribution in [1.82, 2.24) is 10.3 Å². The Kier molecular flexibility index (Phi) is 5.77. The lowest BCUT2D eigenvalue weighted by Crippen LogP contribution is -2.44. The van der Waals surface area contributed by atoms with Crippen LogP contribution in [0.5, 0.6) is 0 Å². The van der Waals surface area contributed by atoms with Gasteiger partial charge in [-0.05, 0) is 13.8 Å². The number of nitrogens with one attached hydrogen (secondary N) is 1. The molecule has 0 aromatic carbocycles. The zero-order valence-corrected chi connectivity index (χ0v) is 13.2. The van der Waals surface area contributed by atoms with Crippen molar-refractivity contribution in [2.75, 3.05) is 37.7 Å². The highest BCUT2D eigenvalue weighted by Crippen LogP contribution is 2.23. The number of ether oxygens (including phenoxy) is 1. The molecule has 1 aliphatic rings. The van der Waals surface area contributed by atoms with Crippen molar-refractivity contribution in [3.63, 3.8) is 0 Å². The van der Waals surface area contributed by atoms with E-state index in [1.165, 1.54) is 4.88 Å². The van der Waals surface area contributed by atoms with Gasteiger partial charge in [0.1, 0.15) is 0 Å². The minimum atomic E-state index is -0.607. The fraction of sp³-hybridized carbons (Fsp3) is 0.786. The first-order valence-electron chi connectivity index (χ1n) is 7.37. The Morgan fingerprint density at radius 3 is 2.75 bits per heavy atom. The first kappa shape index (κ1) is 15.7. The average molecular weight is 299 g/mol. The Hall–Kier alpha value is -0.690. The van der Waals surface area contributed by atoms with Crippen molar-refractivity contribution < 1.29 is 9.84 Å².